The van der Waals surface area contributed by atoms with E-state index in [2.05, 4.69) is 15.3 Å². The normalized spacial score (nSPS) is 28.3. The molecule has 1 aromatic heterocycles. The van der Waals surface area contributed by atoms with E-state index < -0.39 is 5.82 Å². The van der Waals surface area contributed by atoms with Crippen LogP contribution in [0.2, 0.25) is 0 Å². The molecule has 5 rings (SSSR count). The molecule has 0 bridgehead atoms. The number of carbonyl (C=O) groups is 1. The number of nitrogens with zero attached hydrogens (tertiary/aromatic N) is 3. The van der Waals surface area contributed by atoms with Gasteiger partial charge in [0.05, 0.1) is 29.9 Å². The summed E-state index contributed by atoms with van der Waals surface area (Å²) in [5.74, 6) is 0.0972. The molecule has 3 fully saturated rings. The molecular weight excluding hydrogens is 407 g/mol. The Morgan fingerprint density at radius 2 is 2.12 bits per heavy atom. The number of carbonyl (C=O) groups excluding carboxylic acids is 1. The third-order valence-corrected chi connectivity index (χ3v) is 7.01. The van der Waals surface area contributed by atoms with Gasteiger partial charge in [0.25, 0.3) is 5.91 Å². The SMILES string of the molecule is CN/C=C(C)\C=C/COC1CC23CC2CN(C(=O)c2cccc(F)c2-c2ncccn2)C13. The van der Waals surface area contributed by atoms with Gasteiger partial charge in [0, 0.05) is 31.4 Å². The molecule has 2 saturated carbocycles. The van der Waals surface area contributed by atoms with Crippen molar-refractivity contribution in [3.05, 3.63) is 72.0 Å². The van der Waals surface area contributed by atoms with Crippen molar-refractivity contribution < 1.29 is 13.9 Å². The van der Waals surface area contributed by atoms with Crippen LogP contribution >= 0.6 is 0 Å². The maximum atomic E-state index is 14.8. The molecule has 166 valence electrons. The van der Waals surface area contributed by atoms with Gasteiger partial charge in [-0.15, -0.1) is 0 Å². The van der Waals surface area contributed by atoms with E-state index in [4.69, 9.17) is 4.74 Å². The number of hydrogen-bond donors (Lipinski definition) is 1. The average Bonchev–Trinajstić information content (AvgIpc) is 3.45. The van der Waals surface area contributed by atoms with Gasteiger partial charge in [0.15, 0.2) is 5.82 Å². The molecule has 32 heavy (non-hydrogen) atoms. The Morgan fingerprint density at radius 1 is 1.31 bits per heavy atom. The molecule has 4 unspecified atom stereocenters. The zero-order valence-electron chi connectivity index (χ0n) is 18.3. The number of piperidine rings is 1. The molecule has 7 heteroatoms. The van der Waals surface area contributed by atoms with Crippen LogP contribution in [0.15, 0.2) is 60.6 Å². The van der Waals surface area contributed by atoms with Gasteiger partial charge in [-0.3, -0.25) is 4.79 Å². The zero-order valence-corrected chi connectivity index (χ0v) is 18.3. The second kappa shape index (κ2) is 8.13. The third kappa shape index (κ3) is 3.41. The summed E-state index contributed by atoms with van der Waals surface area (Å²) < 4.78 is 20.9. The van der Waals surface area contributed by atoms with Crippen molar-refractivity contribution in [2.75, 3.05) is 20.2 Å². The van der Waals surface area contributed by atoms with E-state index in [-0.39, 0.29) is 34.9 Å². The second-order valence-electron chi connectivity index (χ2n) is 8.93. The predicted molar refractivity (Wildman–Crippen MR) is 119 cm³/mol. The molecule has 1 saturated heterocycles. The van der Waals surface area contributed by atoms with E-state index in [9.17, 15) is 9.18 Å². The van der Waals surface area contributed by atoms with Crippen molar-refractivity contribution in [3.8, 4) is 11.4 Å². The van der Waals surface area contributed by atoms with Gasteiger partial charge in [0.1, 0.15) is 5.82 Å². The maximum absolute atomic E-state index is 14.8. The first-order chi connectivity index (χ1) is 15.5. The van der Waals surface area contributed by atoms with Crippen molar-refractivity contribution >= 4 is 5.91 Å². The molecule has 1 spiro atoms. The number of nitrogens with one attached hydrogen (secondary N) is 1. The lowest BCUT2D eigenvalue weighted by molar-refractivity contribution is -0.0839. The molecule has 1 amide bonds. The molecule has 1 aromatic carbocycles. The number of halogens is 1. The van der Waals surface area contributed by atoms with Crippen LogP contribution in [0.4, 0.5) is 4.39 Å². The Hall–Kier alpha value is -3.06. The Kier molecular flexibility index (Phi) is 5.29. The zero-order chi connectivity index (χ0) is 22.3. The number of rotatable bonds is 7. The van der Waals surface area contributed by atoms with E-state index in [1.165, 1.54) is 6.07 Å². The van der Waals surface area contributed by atoms with Crippen molar-refractivity contribution in [1.82, 2.24) is 20.2 Å². The van der Waals surface area contributed by atoms with Crippen LogP contribution in [0.3, 0.4) is 0 Å². The number of amides is 1. The molecule has 2 heterocycles. The van der Waals surface area contributed by atoms with Crippen LogP contribution in [0, 0.1) is 17.2 Å². The molecule has 1 N–H and O–H groups in total. The fourth-order valence-electron chi connectivity index (χ4n) is 5.50. The minimum Gasteiger partial charge on any atom is -0.394 e. The lowest BCUT2D eigenvalue weighted by atomic mass is 9.73. The minimum atomic E-state index is -0.488. The van der Waals surface area contributed by atoms with Crippen LogP contribution in [-0.4, -0.2) is 53.1 Å². The monoisotopic (exact) mass is 434 g/mol. The number of likely N-dealkylation sites (tertiary alicyclic amines) is 1. The van der Waals surface area contributed by atoms with E-state index in [1.54, 1.807) is 30.6 Å². The molecule has 3 aliphatic rings. The first-order valence-electron chi connectivity index (χ1n) is 11.0. The molecule has 0 radical (unpaired) electrons. The van der Waals surface area contributed by atoms with Gasteiger partial charge in [-0.25, -0.2) is 14.4 Å². The van der Waals surface area contributed by atoms with E-state index in [0.29, 0.717) is 24.6 Å². The van der Waals surface area contributed by atoms with Gasteiger partial charge < -0.3 is 15.0 Å². The Bertz CT molecular complexity index is 1090. The summed E-state index contributed by atoms with van der Waals surface area (Å²) in [5, 5.41) is 3.00. The van der Waals surface area contributed by atoms with E-state index >= 15 is 0 Å². The van der Waals surface area contributed by atoms with Crippen LogP contribution < -0.4 is 5.32 Å². The average molecular weight is 435 g/mol. The summed E-state index contributed by atoms with van der Waals surface area (Å²) >= 11 is 0. The van der Waals surface area contributed by atoms with Crippen LogP contribution in [0.1, 0.15) is 30.1 Å². The lowest BCUT2D eigenvalue weighted by Gasteiger charge is -2.47. The van der Waals surface area contributed by atoms with Crippen molar-refractivity contribution in [1.29, 1.82) is 0 Å². The fourth-order valence-corrected chi connectivity index (χ4v) is 5.50. The van der Waals surface area contributed by atoms with E-state index in [0.717, 1.165) is 18.4 Å². The highest BCUT2D eigenvalue weighted by atomic mass is 19.1. The summed E-state index contributed by atoms with van der Waals surface area (Å²) in [7, 11) is 1.87. The van der Waals surface area contributed by atoms with Crippen LogP contribution in [0.5, 0.6) is 0 Å². The highest BCUT2D eigenvalue weighted by molar-refractivity contribution is 6.01. The summed E-state index contributed by atoms with van der Waals surface area (Å²) in [4.78, 5) is 23.9. The first kappa shape index (κ1) is 20.8. The third-order valence-electron chi connectivity index (χ3n) is 7.01. The highest BCUT2D eigenvalue weighted by Crippen LogP contribution is 2.71. The molecule has 2 aromatic rings. The van der Waals surface area contributed by atoms with Gasteiger partial charge >= 0.3 is 0 Å². The summed E-state index contributed by atoms with van der Waals surface area (Å²) in [6.45, 7) is 3.22. The van der Waals surface area contributed by atoms with Gasteiger partial charge in [-0.2, -0.15) is 0 Å². The second-order valence-corrected chi connectivity index (χ2v) is 8.93. The summed E-state index contributed by atoms with van der Waals surface area (Å²) in [6.07, 6.45) is 11.2. The number of benzene rings is 1. The van der Waals surface area contributed by atoms with Crippen molar-refractivity contribution in [2.24, 2.45) is 11.3 Å². The molecule has 2 aliphatic carbocycles. The Labute approximate surface area is 187 Å². The maximum Gasteiger partial charge on any atom is 0.255 e. The van der Waals surface area contributed by atoms with Crippen molar-refractivity contribution in [2.45, 2.75) is 31.9 Å². The lowest BCUT2D eigenvalue weighted by Crippen LogP contribution is -2.58. The molecule has 4 atom stereocenters. The predicted octanol–water partition coefficient (Wildman–Crippen LogP) is 3.58. The standard InChI is InChI=1S/C25H27FN4O2/c1-16(14-27-2)6-4-11-32-20-13-25-12-17(25)15-30(22(20)25)24(31)18-7-3-8-19(26)21(18)23-28-9-5-10-29-23/h3-10,14,17,20,22,27H,11-13,15H2,1-2H3/b6-4-,16-14-. The quantitative estimate of drug-likeness (QED) is 0.675. The van der Waals surface area contributed by atoms with Crippen LogP contribution in [-0.2, 0) is 4.74 Å². The number of allylic oxidation sites excluding steroid dienone is 2. The minimum absolute atomic E-state index is 0.00895. The van der Waals surface area contributed by atoms with Crippen molar-refractivity contribution in [3.63, 3.8) is 0 Å². The fraction of sp³-hybridized carbons (Fsp3) is 0.400. The van der Waals surface area contributed by atoms with Gasteiger partial charge in [0.2, 0.25) is 0 Å². The van der Waals surface area contributed by atoms with Gasteiger partial charge in [-0.05, 0) is 55.7 Å². The molecule has 1 aliphatic heterocycles. The summed E-state index contributed by atoms with van der Waals surface area (Å²) in [6, 6.07) is 6.31. The number of ether oxygens (including phenoxy) is 1. The Morgan fingerprint density at radius 3 is 2.91 bits per heavy atom. The number of aromatic nitrogens is 2. The topological polar surface area (TPSA) is 67.3 Å². The first-order valence-corrected chi connectivity index (χ1v) is 11.0. The molecular formula is C25H27FN4O2. The van der Waals surface area contributed by atoms with Crippen LogP contribution in [0.25, 0.3) is 11.4 Å². The largest absolute Gasteiger partial charge is 0.394 e. The summed E-state index contributed by atoms with van der Waals surface area (Å²) in [5.41, 5.74) is 1.79. The Balaban J connectivity index is 1.35. The molecule has 6 nitrogen and oxygen atoms in total. The van der Waals surface area contributed by atoms with Gasteiger partial charge in [-0.1, -0.05) is 18.2 Å². The smallest absolute Gasteiger partial charge is 0.255 e. The van der Waals surface area contributed by atoms with E-state index in [1.807, 2.05) is 37.2 Å². The number of hydrogen-bond acceptors (Lipinski definition) is 5. The highest BCUT2D eigenvalue weighted by Gasteiger charge is 2.75.